The summed E-state index contributed by atoms with van der Waals surface area (Å²) in [6.07, 6.45) is -1.58. The average Bonchev–Trinajstić information content (AvgIpc) is 2.18. The van der Waals surface area contributed by atoms with Gasteiger partial charge in [0.25, 0.3) is 12.9 Å². The van der Waals surface area contributed by atoms with Crippen LogP contribution in [0.3, 0.4) is 0 Å². The number of aliphatic hydroxyl groups is 1. The molecule has 0 saturated carbocycles. The van der Waals surface area contributed by atoms with Crippen molar-refractivity contribution in [3.8, 4) is 0 Å². The maximum absolute atomic E-state index is 8.64. The molecule has 0 amide bonds. The fraction of sp³-hybridized carbons (Fsp3) is 0.167. The van der Waals surface area contributed by atoms with Crippen molar-refractivity contribution in [3.05, 3.63) is 12.8 Å². The van der Waals surface area contributed by atoms with Crippen LogP contribution in [0.15, 0.2) is 12.8 Å². The summed E-state index contributed by atoms with van der Waals surface area (Å²) >= 11 is 0. The van der Waals surface area contributed by atoms with Crippen LogP contribution in [0.25, 0.3) is 0 Å². The van der Waals surface area contributed by atoms with Crippen molar-refractivity contribution in [1.82, 2.24) is 0 Å². The van der Waals surface area contributed by atoms with Crippen molar-refractivity contribution in [3.63, 3.8) is 0 Å². The molecule has 0 aliphatic heterocycles. The Labute approximate surface area is 95.9 Å². The molecule has 11 nitrogen and oxygen atoms in total. The van der Waals surface area contributed by atoms with Gasteiger partial charge >= 0.3 is 0 Å². The lowest BCUT2D eigenvalue weighted by molar-refractivity contribution is -0.652. The highest BCUT2D eigenvalue weighted by molar-refractivity contribution is 5.47. The maximum Gasteiger partial charge on any atom is 0.287 e. The molecule has 2 N–H and O–H groups in total. The summed E-state index contributed by atoms with van der Waals surface area (Å²) in [5.74, 6) is 0. The minimum Gasteiger partial charge on any atom is -0.870 e. The summed E-state index contributed by atoms with van der Waals surface area (Å²) in [4.78, 5) is 30.8. The van der Waals surface area contributed by atoms with E-state index in [4.69, 9.17) is 40.2 Å². The smallest absolute Gasteiger partial charge is 0.287 e. The highest BCUT2D eigenvalue weighted by atomic mass is 17.1. The van der Waals surface area contributed by atoms with Crippen molar-refractivity contribution in [2.24, 2.45) is 0 Å². The summed E-state index contributed by atoms with van der Waals surface area (Å²) < 4.78 is 0. The zero-order valence-electron chi connectivity index (χ0n) is 7.51. The minimum atomic E-state index is -2.33. The molecular weight excluding hydrogens is 248 g/mol. The van der Waals surface area contributed by atoms with Gasteiger partial charge in [-0.1, -0.05) is 14.0 Å². The van der Waals surface area contributed by atoms with Gasteiger partial charge < -0.3 is 45.9 Å². The number of hydrogen-bond acceptors (Lipinski definition) is 11. The van der Waals surface area contributed by atoms with Gasteiger partial charge in [-0.15, -0.1) is 0 Å². The van der Waals surface area contributed by atoms with E-state index in [2.05, 4.69) is 16.4 Å². The Kier molecular flexibility index (Phi) is 147. The van der Waals surface area contributed by atoms with Gasteiger partial charge in [0.05, 0.1) is 6.26 Å². The Morgan fingerprint density at radius 3 is 1.18 bits per heavy atom. The average molecular weight is 259 g/mol. The predicted octanol–water partition coefficient (Wildman–Crippen LogP) is -4.43. The zero-order chi connectivity index (χ0) is 13.1. The van der Waals surface area contributed by atoms with Crippen LogP contribution in [-0.4, -0.2) is 29.7 Å². The van der Waals surface area contributed by atoms with E-state index in [1.807, 2.05) is 0 Å². The Morgan fingerprint density at radius 1 is 1.12 bits per heavy atom. The van der Waals surface area contributed by atoms with Crippen molar-refractivity contribution < 1.29 is 55.5 Å². The van der Waals surface area contributed by atoms with Crippen LogP contribution in [-0.2, 0) is 19.4 Å². The Bertz CT molecular complexity index is 133. The van der Waals surface area contributed by atoms with E-state index in [0.29, 0.717) is 0 Å². The summed E-state index contributed by atoms with van der Waals surface area (Å²) in [5, 5.41) is 40.9. The molecule has 11 heteroatoms. The third kappa shape index (κ3) is 13500. The van der Waals surface area contributed by atoms with E-state index in [1.54, 1.807) is 0 Å². The molecule has 0 radical (unpaired) electrons. The quantitative estimate of drug-likeness (QED) is 0.216. The van der Waals surface area contributed by atoms with Crippen molar-refractivity contribution in [1.29, 1.82) is 0 Å². The molecule has 0 aromatic rings. The van der Waals surface area contributed by atoms with E-state index < -0.39 is 6.16 Å². The molecule has 0 fully saturated rings. The molecule has 0 spiro atoms. The lowest BCUT2D eigenvalue weighted by atomic mass is 11.2. The normalized spacial score (nSPS) is 4.59. The highest BCUT2D eigenvalue weighted by Gasteiger charge is 1.34. The van der Waals surface area contributed by atoms with Crippen molar-refractivity contribution in [2.45, 2.75) is 7.43 Å². The van der Waals surface area contributed by atoms with Crippen LogP contribution in [0.2, 0.25) is 0 Å². The standard InChI is InChI=1S/C2H4O.3CH2O3.CH4.H2O/c1-2-3;2*2-1-4-3;2-1(3)4;;/h2-3H,1H2;2*1,3H;(H2,2,3,4);1H4;1H2/p-5. The van der Waals surface area contributed by atoms with Crippen molar-refractivity contribution >= 4 is 19.1 Å². The summed E-state index contributed by atoms with van der Waals surface area (Å²) in [6.45, 7) is 2.56. The summed E-state index contributed by atoms with van der Waals surface area (Å²) in [5.41, 5.74) is 0. The third-order valence-electron chi connectivity index (χ3n) is 0.0786. The lowest BCUT2D eigenvalue weighted by Gasteiger charge is -1.96. The second kappa shape index (κ2) is 68.6. The number of aliphatic hydroxyl groups excluding tert-OH is 1. The van der Waals surface area contributed by atoms with Crippen molar-refractivity contribution in [2.75, 3.05) is 0 Å². The lowest BCUT2D eigenvalue weighted by Crippen LogP contribution is -2.37. The highest BCUT2D eigenvalue weighted by Crippen LogP contribution is 1.26. The van der Waals surface area contributed by atoms with E-state index in [0.717, 1.165) is 6.26 Å². The number of carbonyl (C=O) groups is 3. The number of carboxylic acid groups (broad SMARTS) is 2. The Balaban J connectivity index is -0.0000000230. The molecule has 0 aliphatic carbocycles. The van der Waals surface area contributed by atoms with E-state index in [-0.39, 0.29) is 25.8 Å². The molecular formula is C6H11O11-5. The molecule has 106 valence electrons. The summed E-state index contributed by atoms with van der Waals surface area (Å²) in [7, 11) is 0. The molecule has 0 unspecified atom stereocenters. The fourth-order valence-corrected chi connectivity index (χ4v) is 0. The first-order valence-electron chi connectivity index (χ1n) is 2.55. The van der Waals surface area contributed by atoms with Gasteiger partial charge in [0.15, 0.2) is 0 Å². The Morgan fingerprint density at radius 2 is 1.18 bits per heavy atom. The second-order valence-electron chi connectivity index (χ2n) is 0.817. The molecule has 0 saturated heterocycles. The summed E-state index contributed by atoms with van der Waals surface area (Å²) in [6, 6.07) is 0. The maximum atomic E-state index is 8.64. The Hall–Kier alpha value is -2.37. The zero-order valence-corrected chi connectivity index (χ0v) is 7.51. The van der Waals surface area contributed by atoms with Crippen LogP contribution >= 0.6 is 0 Å². The first-order chi connectivity index (χ1) is 6.97. The SMILES string of the molecule is C.C=CO.O=C([O-])[O-].O=CO[O-].O=CO[O-].[OH-]. The van der Waals surface area contributed by atoms with Gasteiger partial charge in [0.2, 0.25) is 0 Å². The van der Waals surface area contributed by atoms with Gasteiger partial charge in [-0.3, -0.25) is 9.59 Å². The topological polar surface area (TPSA) is 212 Å². The fourth-order valence-electron chi connectivity index (χ4n) is 0. The van der Waals surface area contributed by atoms with Crippen LogP contribution in [0.4, 0.5) is 4.79 Å². The van der Waals surface area contributed by atoms with E-state index in [1.165, 1.54) is 0 Å². The van der Waals surface area contributed by atoms with E-state index >= 15 is 0 Å². The first-order valence-corrected chi connectivity index (χ1v) is 2.55. The van der Waals surface area contributed by atoms with Crippen LogP contribution < -0.4 is 20.7 Å². The molecule has 0 aromatic carbocycles. The van der Waals surface area contributed by atoms with Gasteiger partial charge in [0.1, 0.15) is 0 Å². The predicted molar refractivity (Wildman–Crippen MR) is 41.2 cm³/mol. The van der Waals surface area contributed by atoms with E-state index in [9.17, 15) is 0 Å². The minimum absolute atomic E-state index is 0. The molecule has 0 rings (SSSR count). The largest absolute Gasteiger partial charge is 0.870 e. The molecule has 0 aromatic heterocycles. The molecule has 0 heterocycles. The second-order valence-corrected chi connectivity index (χ2v) is 0.817. The number of rotatable bonds is 2. The number of hydrogen-bond donors (Lipinski definition) is 1. The first kappa shape index (κ1) is 36.5. The monoisotopic (exact) mass is 259 g/mol. The molecule has 0 atom stereocenters. The third-order valence-corrected chi connectivity index (χ3v) is 0.0786. The van der Waals surface area contributed by atoms with Gasteiger partial charge in [-0.05, 0) is 6.16 Å². The van der Waals surface area contributed by atoms with Gasteiger partial charge in [-0.25, -0.2) is 0 Å². The van der Waals surface area contributed by atoms with Crippen LogP contribution in [0.5, 0.6) is 0 Å². The van der Waals surface area contributed by atoms with Crippen LogP contribution in [0, 0.1) is 0 Å². The molecule has 17 heavy (non-hydrogen) atoms. The molecule has 0 aliphatic rings. The number of carbonyl (C=O) groups excluding carboxylic acids is 3. The van der Waals surface area contributed by atoms with Crippen LogP contribution in [0.1, 0.15) is 7.43 Å². The molecule has 0 bridgehead atoms. The van der Waals surface area contributed by atoms with Gasteiger partial charge in [0, 0.05) is 0 Å². The van der Waals surface area contributed by atoms with Gasteiger partial charge in [-0.2, -0.15) is 0 Å².